The number of benzene rings is 2. The number of nitrogens with zero attached hydrogens (tertiary/aromatic N) is 1. The van der Waals surface area contributed by atoms with Crippen LogP contribution < -0.4 is 5.32 Å². The first kappa shape index (κ1) is 21.6. The van der Waals surface area contributed by atoms with Crippen molar-refractivity contribution in [3.63, 3.8) is 0 Å². The van der Waals surface area contributed by atoms with Crippen LogP contribution in [0.1, 0.15) is 32.9 Å². The van der Waals surface area contributed by atoms with Gasteiger partial charge in [-0.1, -0.05) is 48.0 Å². The molecule has 6 nitrogen and oxygen atoms in total. The number of sulfone groups is 1. The zero-order valence-electron chi connectivity index (χ0n) is 18.1. The molecule has 0 spiro atoms. The first-order valence-corrected chi connectivity index (χ1v) is 11.7. The Hall–Kier alpha value is -3.58. The van der Waals surface area contributed by atoms with Gasteiger partial charge in [-0.3, -0.25) is 4.79 Å². The number of rotatable bonds is 6. The van der Waals surface area contributed by atoms with Gasteiger partial charge in [-0.25, -0.2) is 8.42 Å². The maximum absolute atomic E-state index is 13.7. The minimum absolute atomic E-state index is 0.0923. The number of carbonyl (C=O) groups is 1. The Morgan fingerprint density at radius 1 is 0.938 bits per heavy atom. The van der Waals surface area contributed by atoms with Crippen molar-refractivity contribution in [2.75, 3.05) is 5.32 Å². The molecule has 7 heteroatoms. The lowest BCUT2D eigenvalue weighted by molar-refractivity contribution is 0.0995. The van der Waals surface area contributed by atoms with E-state index in [0.717, 1.165) is 16.8 Å². The minimum Gasteiger partial charge on any atom is -0.459 e. The molecule has 0 aliphatic carbocycles. The van der Waals surface area contributed by atoms with E-state index in [1.54, 1.807) is 37.3 Å². The Morgan fingerprint density at radius 2 is 1.62 bits per heavy atom. The van der Waals surface area contributed by atoms with Gasteiger partial charge in [0.25, 0.3) is 5.91 Å². The highest BCUT2D eigenvalue weighted by Gasteiger charge is 2.31. The Labute approximate surface area is 187 Å². The summed E-state index contributed by atoms with van der Waals surface area (Å²) in [5.41, 5.74) is 3.30. The molecule has 1 N–H and O–H groups in total. The lowest BCUT2D eigenvalue weighted by Gasteiger charge is -2.14. The summed E-state index contributed by atoms with van der Waals surface area (Å²) in [7, 11) is -3.89. The van der Waals surface area contributed by atoms with E-state index < -0.39 is 15.7 Å². The van der Waals surface area contributed by atoms with Crippen molar-refractivity contribution in [3.8, 4) is 0 Å². The molecule has 0 atom stereocenters. The second-order valence-corrected chi connectivity index (χ2v) is 9.59. The van der Waals surface area contributed by atoms with E-state index in [1.807, 2.05) is 48.7 Å². The maximum Gasteiger partial charge on any atom is 0.292 e. The molecule has 4 aromatic rings. The van der Waals surface area contributed by atoms with Gasteiger partial charge >= 0.3 is 0 Å². The second-order valence-electron chi connectivity index (χ2n) is 7.71. The minimum atomic E-state index is -3.89. The summed E-state index contributed by atoms with van der Waals surface area (Å²) in [6.45, 7) is 5.93. The molecule has 0 bridgehead atoms. The zero-order chi connectivity index (χ0) is 22.9. The van der Waals surface area contributed by atoms with Crippen LogP contribution in [0.2, 0.25) is 0 Å². The number of hydrogen-bond donors (Lipinski definition) is 1. The third kappa shape index (κ3) is 3.99. The number of hydrogen-bond acceptors (Lipinski definition) is 4. The lowest BCUT2D eigenvalue weighted by Crippen LogP contribution is -2.18. The van der Waals surface area contributed by atoms with Crippen LogP contribution in [0.3, 0.4) is 0 Å². The molecule has 1 amide bonds. The molecule has 0 saturated heterocycles. The maximum atomic E-state index is 13.7. The van der Waals surface area contributed by atoms with Crippen LogP contribution in [0, 0.1) is 20.8 Å². The normalized spacial score (nSPS) is 11.5. The van der Waals surface area contributed by atoms with Gasteiger partial charge in [0, 0.05) is 12.2 Å². The van der Waals surface area contributed by atoms with Gasteiger partial charge in [-0.05, 0) is 56.2 Å². The van der Waals surface area contributed by atoms with Gasteiger partial charge in [0.1, 0.15) is 10.7 Å². The van der Waals surface area contributed by atoms with Gasteiger partial charge < -0.3 is 14.3 Å². The van der Waals surface area contributed by atoms with Crippen LogP contribution in [0.4, 0.5) is 5.82 Å². The summed E-state index contributed by atoms with van der Waals surface area (Å²) in [5.74, 6) is -0.181. The molecular formula is C25H24N2O4S. The van der Waals surface area contributed by atoms with Gasteiger partial charge in [-0.2, -0.15) is 0 Å². The predicted octanol–water partition coefficient (Wildman–Crippen LogP) is 5.14. The molecule has 0 unspecified atom stereocenters. The largest absolute Gasteiger partial charge is 0.459 e. The van der Waals surface area contributed by atoms with E-state index in [9.17, 15) is 13.2 Å². The molecule has 0 aliphatic heterocycles. The van der Waals surface area contributed by atoms with Crippen LogP contribution in [-0.2, 0) is 16.4 Å². The summed E-state index contributed by atoms with van der Waals surface area (Å²) in [6, 6.07) is 19.5. The van der Waals surface area contributed by atoms with Gasteiger partial charge in [0.05, 0.1) is 11.2 Å². The van der Waals surface area contributed by atoms with Crippen molar-refractivity contribution in [2.24, 2.45) is 0 Å². The average Bonchev–Trinajstić information content (AvgIpc) is 3.39. The van der Waals surface area contributed by atoms with Crippen molar-refractivity contribution >= 4 is 21.6 Å². The lowest BCUT2D eigenvalue weighted by atomic mass is 10.2. The molecule has 4 rings (SSSR count). The highest BCUT2D eigenvalue weighted by molar-refractivity contribution is 7.91. The van der Waals surface area contributed by atoms with Gasteiger partial charge in [0.15, 0.2) is 5.76 Å². The molecule has 2 aromatic heterocycles. The van der Waals surface area contributed by atoms with E-state index in [1.165, 1.54) is 12.3 Å². The fourth-order valence-corrected chi connectivity index (χ4v) is 5.36. The molecule has 32 heavy (non-hydrogen) atoms. The van der Waals surface area contributed by atoms with E-state index in [0.29, 0.717) is 12.1 Å². The van der Waals surface area contributed by atoms with E-state index in [-0.39, 0.29) is 21.4 Å². The quantitative estimate of drug-likeness (QED) is 0.443. The van der Waals surface area contributed by atoms with Crippen LogP contribution in [0.15, 0.2) is 87.2 Å². The Bertz CT molecular complexity index is 1350. The number of aryl methyl sites for hydroxylation is 1. The van der Waals surface area contributed by atoms with Gasteiger partial charge in [-0.15, -0.1) is 0 Å². The number of amides is 1. The molecule has 0 fully saturated rings. The number of anilines is 1. The molecule has 2 heterocycles. The molecule has 0 saturated carbocycles. The van der Waals surface area contributed by atoms with Crippen molar-refractivity contribution in [1.29, 1.82) is 0 Å². The fourth-order valence-electron chi connectivity index (χ4n) is 3.66. The summed E-state index contributed by atoms with van der Waals surface area (Å²) in [6.07, 6.45) is 1.40. The fraction of sp³-hybridized carbons (Fsp3) is 0.160. The second kappa shape index (κ2) is 8.51. The Balaban J connectivity index is 1.89. The number of carbonyl (C=O) groups excluding carboxylic acids is 1. The molecule has 0 radical (unpaired) electrons. The molecule has 0 aliphatic rings. The first-order valence-electron chi connectivity index (χ1n) is 10.2. The monoisotopic (exact) mass is 448 g/mol. The third-order valence-corrected chi connectivity index (χ3v) is 7.46. The molecule has 2 aromatic carbocycles. The molecule has 164 valence electrons. The third-order valence-electron chi connectivity index (χ3n) is 5.53. The van der Waals surface area contributed by atoms with Crippen LogP contribution in [-0.4, -0.2) is 18.9 Å². The standard InChI is InChI=1S/C25H24N2O4S/c1-17-11-13-21(14-12-17)32(29,30)23-18(2)19(3)27(16-20-8-5-4-6-9-20)24(23)26-25(28)22-10-7-15-31-22/h4-15H,16H2,1-3H3,(H,26,28). The van der Waals surface area contributed by atoms with Crippen LogP contribution in [0.5, 0.6) is 0 Å². The first-order chi connectivity index (χ1) is 15.3. The molecular weight excluding hydrogens is 424 g/mol. The Morgan fingerprint density at radius 3 is 2.25 bits per heavy atom. The van der Waals surface area contributed by atoms with Crippen molar-refractivity contribution in [3.05, 3.63) is 101 Å². The number of furan rings is 1. The van der Waals surface area contributed by atoms with Crippen LogP contribution >= 0.6 is 0 Å². The Kier molecular flexibility index (Phi) is 5.76. The van der Waals surface area contributed by atoms with Crippen molar-refractivity contribution in [1.82, 2.24) is 4.57 Å². The predicted molar refractivity (Wildman–Crippen MR) is 123 cm³/mol. The smallest absolute Gasteiger partial charge is 0.292 e. The topological polar surface area (TPSA) is 81.3 Å². The van der Waals surface area contributed by atoms with Crippen LogP contribution in [0.25, 0.3) is 0 Å². The van der Waals surface area contributed by atoms with E-state index in [2.05, 4.69) is 5.32 Å². The summed E-state index contributed by atoms with van der Waals surface area (Å²) in [4.78, 5) is 13.1. The summed E-state index contributed by atoms with van der Waals surface area (Å²) in [5, 5.41) is 2.80. The highest BCUT2D eigenvalue weighted by Crippen LogP contribution is 2.36. The summed E-state index contributed by atoms with van der Waals surface area (Å²) >= 11 is 0. The zero-order valence-corrected chi connectivity index (χ0v) is 18.9. The van der Waals surface area contributed by atoms with Crippen molar-refractivity contribution < 1.29 is 17.6 Å². The van der Waals surface area contributed by atoms with E-state index >= 15 is 0 Å². The average molecular weight is 449 g/mol. The highest BCUT2D eigenvalue weighted by atomic mass is 32.2. The van der Waals surface area contributed by atoms with E-state index in [4.69, 9.17) is 4.42 Å². The summed E-state index contributed by atoms with van der Waals surface area (Å²) < 4.78 is 34.4. The number of nitrogens with one attached hydrogen (secondary N) is 1. The van der Waals surface area contributed by atoms with Gasteiger partial charge in [0.2, 0.25) is 9.84 Å². The SMILES string of the molecule is Cc1ccc(S(=O)(=O)c2c(C)c(C)n(Cc3ccccc3)c2NC(=O)c2ccco2)cc1. The number of aromatic nitrogens is 1. The van der Waals surface area contributed by atoms with Crippen molar-refractivity contribution in [2.45, 2.75) is 37.1 Å².